The first-order valence-electron chi connectivity index (χ1n) is 5.85. The number of aromatic nitrogens is 1. The van der Waals surface area contributed by atoms with Gasteiger partial charge in [-0.3, -0.25) is 4.98 Å². The maximum atomic E-state index is 6.29. The van der Waals surface area contributed by atoms with Crippen LogP contribution in [-0.2, 0) is 0 Å². The molecule has 1 heterocycles. The summed E-state index contributed by atoms with van der Waals surface area (Å²) in [4.78, 5) is 4.50. The van der Waals surface area contributed by atoms with E-state index < -0.39 is 0 Å². The van der Waals surface area contributed by atoms with Gasteiger partial charge in [0.25, 0.3) is 0 Å². The van der Waals surface area contributed by atoms with Crippen molar-refractivity contribution in [3.63, 3.8) is 0 Å². The number of aryl methyl sites for hydroxylation is 2. The maximum absolute atomic E-state index is 6.29. The number of rotatable bonds is 2. The first-order chi connectivity index (χ1) is 8.09. The highest BCUT2D eigenvalue weighted by molar-refractivity contribution is 5.38. The molecule has 0 saturated heterocycles. The van der Waals surface area contributed by atoms with Crippen molar-refractivity contribution in [2.75, 3.05) is 0 Å². The van der Waals surface area contributed by atoms with Gasteiger partial charge < -0.3 is 5.73 Å². The van der Waals surface area contributed by atoms with Crippen molar-refractivity contribution in [1.29, 1.82) is 0 Å². The van der Waals surface area contributed by atoms with Crippen LogP contribution in [0.2, 0.25) is 0 Å². The predicted molar refractivity (Wildman–Crippen MR) is 70.9 cm³/mol. The number of hydrogen-bond donors (Lipinski definition) is 1. The lowest BCUT2D eigenvalue weighted by atomic mass is 9.96. The van der Waals surface area contributed by atoms with Gasteiger partial charge in [-0.1, -0.05) is 24.3 Å². The molecule has 1 unspecified atom stereocenters. The molecule has 2 rings (SSSR count). The molecule has 2 aromatic rings. The van der Waals surface area contributed by atoms with E-state index in [1.807, 2.05) is 31.2 Å². The molecule has 0 fully saturated rings. The van der Waals surface area contributed by atoms with Gasteiger partial charge in [0.15, 0.2) is 0 Å². The van der Waals surface area contributed by atoms with Crippen molar-refractivity contribution in [3.05, 3.63) is 64.5 Å². The van der Waals surface area contributed by atoms with Crippen molar-refractivity contribution < 1.29 is 0 Å². The normalized spacial score (nSPS) is 12.5. The summed E-state index contributed by atoms with van der Waals surface area (Å²) in [6.45, 7) is 6.20. The van der Waals surface area contributed by atoms with Gasteiger partial charge >= 0.3 is 0 Å². The number of nitrogens with two attached hydrogens (primary N) is 1. The molecule has 0 saturated carbocycles. The number of nitrogens with zero attached hydrogens (tertiary/aromatic N) is 1. The van der Waals surface area contributed by atoms with E-state index in [0.29, 0.717) is 0 Å². The minimum absolute atomic E-state index is 0.144. The number of benzene rings is 1. The molecule has 0 aliphatic rings. The Morgan fingerprint density at radius 3 is 2.41 bits per heavy atom. The van der Waals surface area contributed by atoms with Gasteiger partial charge in [0.05, 0.1) is 11.7 Å². The number of pyridine rings is 1. The van der Waals surface area contributed by atoms with Crippen LogP contribution in [-0.4, -0.2) is 4.98 Å². The fourth-order valence-electron chi connectivity index (χ4n) is 2.01. The van der Waals surface area contributed by atoms with Gasteiger partial charge in [0.2, 0.25) is 0 Å². The van der Waals surface area contributed by atoms with Crippen LogP contribution < -0.4 is 5.73 Å². The molecule has 2 heteroatoms. The molecule has 1 atom stereocenters. The van der Waals surface area contributed by atoms with E-state index in [0.717, 1.165) is 17.0 Å². The van der Waals surface area contributed by atoms with Crippen LogP contribution in [0.15, 0.2) is 36.4 Å². The van der Waals surface area contributed by atoms with Crippen LogP contribution in [0.4, 0.5) is 0 Å². The summed E-state index contributed by atoms with van der Waals surface area (Å²) in [5.41, 5.74) is 11.9. The van der Waals surface area contributed by atoms with Gasteiger partial charge in [-0.15, -0.1) is 0 Å². The Kier molecular flexibility index (Phi) is 3.25. The van der Waals surface area contributed by atoms with Crippen LogP contribution in [0.25, 0.3) is 0 Å². The lowest BCUT2D eigenvalue weighted by molar-refractivity contribution is 0.812. The Bertz CT molecular complexity index is 532. The van der Waals surface area contributed by atoms with Gasteiger partial charge in [-0.05, 0) is 49.6 Å². The average molecular weight is 226 g/mol. The predicted octanol–water partition coefficient (Wildman–Crippen LogP) is 3.05. The molecular formula is C15H18N2. The second-order valence-corrected chi connectivity index (χ2v) is 4.47. The van der Waals surface area contributed by atoms with E-state index in [1.54, 1.807) is 0 Å². The molecule has 1 aromatic carbocycles. The second kappa shape index (κ2) is 4.68. The Hall–Kier alpha value is -1.67. The smallest absolute Gasteiger partial charge is 0.0729 e. The molecule has 0 radical (unpaired) electrons. The average Bonchev–Trinajstić information content (AvgIpc) is 2.32. The summed E-state index contributed by atoms with van der Waals surface area (Å²) in [5, 5.41) is 0. The van der Waals surface area contributed by atoms with Crippen LogP contribution in [0.3, 0.4) is 0 Å². The zero-order chi connectivity index (χ0) is 12.4. The SMILES string of the molecule is Cc1cccc(C(N)c2cccc(C)c2C)n1. The largest absolute Gasteiger partial charge is 0.319 e. The van der Waals surface area contributed by atoms with Crippen LogP contribution in [0.5, 0.6) is 0 Å². The monoisotopic (exact) mass is 226 g/mol. The van der Waals surface area contributed by atoms with Gasteiger partial charge in [0.1, 0.15) is 0 Å². The first-order valence-corrected chi connectivity index (χ1v) is 5.85. The molecule has 0 spiro atoms. The molecule has 0 amide bonds. The van der Waals surface area contributed by atoms with Crippen LogP contribution in [0.1, 0.15) is 34.1 Å². The number of hydrogen-bond acceptors (Lipinski definition) is 2. The quantitative estimate of drug-likeness (QED) is 0.854. The highest BCUT2D eigenvalue weighted by atomic mass is 14.8. The van der Waals surface area contributed by atoms with Gasteiger partial charge in [0, 0.05) is 5.69 Å². The molecule has 88 valence electrons. The fraction of sp³-hybridized carbons (Fsp3) is 0.267. The molecule has 0 bridgehead atoms. The first kappa shape index (κ1) is 11.8. The third kappa shape index (κ3) is 2.37. The molecular weight excluding hydrogens is 208 g/mol. The highest BCUT2D eigenvalue weighted by Crippen LogP contribution is 2.23. The molecule has 2 N–H and O–H groups in total. The summed E-state index contributed by atoms with van der Waals surface area (Å²) in [5.74, 6) is 0. The van der Waals surface area contributed by atoms with Crippen molar-refractivity contribution in [2.45, 2.75) is 26.8 Å². The summed E-state index contributed by atoms with van der Waals surface area (Å²) in [6.07, 6.45) is 0. The Morgan fingerprint density at radius 2 is 1.71 bits per heavy atom. The van der Waals surface area contributed by atoms with E-state index >= 15 is 0 Å². The third-order valence-electron chi connectivity index (χ3n) is 3.21. The van der Waals surface area contributed by atoms with Crippen LogP contribution in [0, 0.1) is 20.8 Å². The minimum atomic E-state index is -0.144. The van der Waals surface area contributed by atoms with Crippen molar-refractivity contribution in [3.8, 4) is 0 Å². The lowest BCUT2D eigenvalue weighted by Crippen LogP contribution is -2.15. The molecule has 1 aromatic heterocycles. The standard InChI is InChI=1S/C15H18N2/c1-10-6-4-8-13(12(10)3)15(16)14-9-5-7-11(2)17-14/h4-9,15H,16H2,1-3H3. The Balaban J connectivity index is 2.44. The Labute approximate surface area is 103 Å². The fourth-order valence-corrected chi connectivity index (χ4v) is 2.01. The summed E-state index contributed by atoms with van der Waals surface area (Å²) >= 11 is 0. The minimum Gasteiger partial charge on any atom is -0.319 e. The summed E-state index contributed by atoms with van der Waals surface area (Å²) < 4.78 is 0. The van der Waals surface area contributed by atoms with E-state index in [9.17, 15) is 0 Å². The van der Waals surface area contributed by atoms with Gasteiger partial charge in [-0.25, -0.2) is 0 Å². The van der Waals surface area contributed by atoms with Crippen molar-refractivity contribution >= 4 is 0 Å². The van der Waals surface area contributed by atoms with E-state index in [4.69, 9.17) is 5.73 Å². The maximum Gasteiger partial charge on any atom is 0.0729 e. The molecule has 2 nitrogen and oxygen atoms in total. The van der Waals surface area contributed by atoms with E-state index in [1.165, 1.54) is 11.1 Å². The summed E-state index contributed by atoms with van der Waals surface area (Å²) in [7, 11) is 0. The van der Waals surface area contributed by atoms with Gasteiger partial charge in [-0.2, -0.15) is 0 Å². The third-order valence-corrected chi connectivity index (χ3v) is 3.21. The molecule has 0 aliphatic heterocycles. The highest BCUT2D eigenvalue weighted by Gasteiger charge is 2.13. The van der Waals surface area contributed by atoms with Crippen molar-refractivity contribution in [2.24, 2.45) is 5.73 Å². The van der Waals surface area contributed by atoms with E-state index in [-0.39, 0.29) is 6.04 Å². The zero-order valence-corrected chi connectivity index (χ0v) is 10.6. The summed E-state index contributed by atoms with van der Waals surface area (Å²) in [6, 6.07) is 12.1. The zero-order valence-electron chi connectivity index (χ0n) is 10.6. The lowest BCUT2D eigenvalue weighted by Gasteiger charge is -2.16. The molecule has 17 heavy (non-hydrogen) atoms. The van der Waals surface area contributed by atoms with Crippen LogP contribution >= 0.6 is 0 Å². The molecule has 0 aliphatic carbocycles. The van der Waals surface area contributed by atoms with E-state index in [2.05, 4.69) is 31.0 Å². The second-order valence-electron chi connectivity index (χ2n) is 4.47. The van der Waals surface area contributed by atoms with Crippen molar-refractivity contribution in [1.82, 2.24) is 4.98 Å². The topological polar surface area (TPSA) is 38.9 Å². The Morgan fingerprint density at radius 1 is 1.00 bits per heavy atom.